The van der Waals surface area contributed by atoms with Crippen LogP contribution in [0.5, 0.6) is 5.75 Å². The highest BCUT2D eigenvalue weighted by atomic mass is 16.5. The van der Waals surface area contributed by atoms with Crippen molar-refractivity contribution in [3.63, 3.8) is 0 Å². The molecule has 236 valence electrons. The summed E-state index contributed by atoms with van der Waals surface area (Å²) in [5.74, 6) is 0.913. The van der Waals surface area contributed by atoms with Crippen LogP contribution in [0.4, 0.5) is 22.7 Å². The highest BCUT2D eigenvalue weighted by Gasteiger charge is 2.28. The standard InChI is InChI=1S/C47H32N2O/c1-2-12-34(13-3-1)47-48-45-44-30-37(22-27-42(44)41-16-8-9-17-43(41)46(45)50-47)33-18-23-38(24-19-33)49(39-25-20-31-10-4-6-14-35(31)28-39)40-26-21-32-11-5-7-15-36(32)29-40/h1-30,47-48H. The Bertz CT molecular complexity index is 2640. The number of ether oxygens (including phenoxy) is 1. The number of anilines is 4. The van der Waals surface area contributed by atoms with E-state index in [1.54, 1.807) is 0 Å². The number of nitrogens with zero attached hydrogens (tertiary/aromatic N) is 1. The third kappa shape index (κ3) is 4.75. The predicted octanol–water partition coefficient (Wildman–Crippen LogP) is 12.9. The molecule has 0 saturated heterocycles. The largest absolute Gasteiger partial charge is 0.464 e. The fourth-order valence-corrected chi connectivity index (χ4v) is 7.54. The van der Waals surface area contributed by atoms with E-state index in [2.05, 4.69) is 186 Å². The Morgan fingerprint density at radius 2 is 0.940 bits per heavy atom. The summed E-state index contributed by atoms with van der Waals surface area (Å²) in [5, 5.41) is 13.3. The predicted molar refractivity (Wildman–Crippen MR) is 210 cm³/mol. The summed E-state index contributed by atoms with van der Waals surface area (Å²) in [7, 11) is 0. The first-order valence-electron chi connectivity index (χ1n) is 17.1. The molecule has 1 aliphatic rings. The zero-order chi connectivity index (χ0) is 33.0. The molecule has 0 radical (unpaired) electrons. The van der Waals surface area contributed by atoms with Crippen molar-refractivity contribution in [2.75, 3.05) is 10.2 Å². The van der Waals surface area contributed by atoms with Crippen molar-refractivity contribution in [2.45, 2.75) is 6.23 Å². The van der Waals surface area contributed by atoms with Gasteiger partial charge < -0.3 is 15.0 Å². The van der Waals surface area contributed by atoms with E-state index in [9.17, 15) is 0 Å². The Balaban J connectivity index is 1.07. The minimum Gasteiger partial charge on any atom is -0.464 e. The Morgan fingerprint density at radius 1 is 0.400 bits per heavy atom. The molecule has 3 nitrogen and oxygen atoms in total. The van der Waals surface area contributed by atoms with Crippen LogP contribution >= 0.6 is 0 Å². The van der Waals surface area contributed by atoms with Gasteiger partial charge in [0.1, 0.15) is 0 Å². The Hall–Kier alpha value is -6.58. The molecule has 3 heteroatoms. The normalized spacial score (nSPS) is 13.7. The molecular weight excluding hydrogens is 609 g/mol. The van der Waals surface area contributed by atoms with Crippen LogP contribution in [0.2, 0.25) is 0 Å². The third-order valence-corrected chi connectivity index (χ3v) is 10.0. The molecule has 9 aromatic carbocycles. The lowest BCUT2D eigenvalue weighted by Gasteiger charge is -2.26. The van der Waals surface area contributed by atoms with Crippen LogP contribution in [0.1, 0.15) is 11.8 Å². The van der Waals surface area contributed by atoms with Crippen molar-refractivity contribution >= 4 is 65.8 Å². The molecule has 1 aliphatic heterocycles. The Morgan fingerprint density at radius 3 is 1.62 bits per heavy atom. The molecule has 1 atom stereocenters. The zero-order valence-corrected chi connectivity index (χ0v) is 27.3. The molecule has 10 rings (SSSR count). The van der Waals surface area contributed by atoms with Crippen LogP contribution in [0.3, 0.4) is 0 Å². The van der Waals surface area contributed by atoms with Gasteiger partial charge in [0.2, 0.25) is 0 Å². The first-order chi connectivity index (χ1) is 24.8. The van der Waals surface area contributed by atoms with Crippen LogP contribution < -0.4 is 15.0 Å². The number of nitrogens with one attached hydrogen (secondary N) is 1. The van der Waals surface area contributed by atoms with E-state index in [1.165, 1.54) is 32.3 Å². The smallest absolute Gasteiger partial charge is 0.196 e. The van der Waals surface area contributed by atoms with E-state index in [0.717, 1.165) is 56.0 Å². The molecule has 0 amide bonds. The van der Waals surface area contributed by atoms with Crippen molar-refractivity contribution in [2.24, 2.45) is 0 Å². The number of fused-ring (bicyclic) bond motifs is 8. The Kier molecular flexibility index (Phi) is 6.56. The molecule has 0 aromatic heterocycles. The molecule has 0 bridgehead atoms. The Labute approximate surface area is 290 Å². The van der Waals surface area contributed by atoms with Gasteiger partial charge in [0, 0.05) is 33.4 Å². The maximum absolute atomic E-state index is 6.62. The van der Waals surface area contributed by atoms with Gasteiger partial charge in [0.15, 0.2) is 12.0 Å². The van der Waals surface area contributed by atoms with E-state index in [4.69, 9.17) is 4.74 Å². The third-order valence-electron chi connectivity index (χ3n) is 10.0. The van der Waals surface area contributed by atoms with Gasteiger partial charge in [-0.05, 0) is 85.9 Å². The molecule has 1 heterocycles. The second-order valence-electron chi connectivity index (χ2n) is 13.0. The van der Waals surface area contributed by atoms with Gasteiger partial charge in [-0.15, -0.1) is 0 Å². The van der Waals surface area contributed by atoms with Crippen LogP contribution in [0.15, 0.2) is 182 Å². The summed E-state index contributed by atoms with van der Waals surface area (Å²) in [5.41, 5.74) is 7.83. The van der Waals surface area contributed by atoms with E-state index >= 15 is 0 Å². The van der Waals surface area contributed by atoms with Crippen LogP contribution in [0, 0.1) is 0 Å². The number of hydrogen-bond donors (Lipinski definition) is 1. The van der Waals surface area contributed by atoms with E-state index in [1.807, 2.05) is 6.07 Å². The second-order valence-corrected chi connectivity index (χ2v) is 13.0. The molecule has 0 saturated carbocycles. The quantitative estimate of drug-likeness (QED) is 0.189. The minimum atomic E-state index is -0.237. The zero-order valence-electron chi connectivity index (χ0n) is 27.3. The maximum Gasteiger partial charge on any atom is 0.196 e. The highest BCUT2D eigenvalue weighted by molar-refractivity contribution is 6.18. The molecule has 0 aliphatic carbocycles. The SMILES string of the molecule is c1ccc(C2Nc3c(c4ccccc4c4ccc(-c5ccc(N(c6ccc7ccccc7c6)c6ccc7ccccc7c6)cc5)cc34)O2)cc1. The van der Waals surface area contributed by atoms with Gasteiger partial charge in [0.05, 0.1) is 5.69 Å². The van der Waals surface area contributed by atoms with Crippen molar-refractivity contribution < 1.29 is 4.74 Å². The van der Waals surface area contributed by atoms with Crippen molar-refractivity contribution in [1.82, 2.24) is 0 Å². The summed E-state index contributed by atoms with van der Waals surface area (Å²) in [6.45, 7) is 0. The van der Waals surface area contributed by atoms with Gasteiger partial charge in [0.25, 0.3) is 0 Å². The van der Waals surface area contributed by atoms with Gasteiger partial charge in [-0.1, -0.05) is 140 Å². The first kappa shape index (κ1) is 28.4. The van der Waals surface area contributed by atoms with Crippen molar-refractivity contribution in [3.05, 3.63) is 188 Å². The van der Waals surface area contributed by atoms with Gasteiger partial charge in [-0.25, -0.2) is 0 Å². The molecule has 1 N–H and O–H groups in total. The summed E-state index contributed by atoms with van der Waals surface area (Å²) in [6, 6.07) is 65.2. The molecule has 1 unspecified atom stereocenters. The number of hydrogen-bond acceptors (Lipinski definition) is 3. The summed E-state index contributed by atoms with van der Waals surface area (Å²) in [6.07, 6.45) is -0.237. The van der Waals surface area contributed by atoms with Gasteiger partial charge in [-0.2, -0.15) is 0 Å². The summed E-state index contributed by atoms with van der Waals surface area (Å²) in [4.78, 5) is 2.35. The van der Waals surface area contributed by atoms with Gasteiger partial charge >= 0.3 is 0 Å². The molecular formula is C47H32N2O. The fourth-order valence-electron chi connectivity index (χ4n) is 7.54. The lowest BCUT2D eigenvalue weighted by molar-refractivity contribution is 0.262. The molecule has 50 heavy (non-hydrogen) atoms. The summed E-state index contributed by atoms with van der Waals surface area (Å²) < 4.78 is 6.62. The van der Waals surface area contributed by atoms with E-state index in [0.29, 0.717) is 0 Å². The average Bonchev–Trinajstić information content (AvgIpc) is 3.65. The van der Waals surface area contributed by atoms with Crippen LogP contribution in [-0.2, 0) is 0 Å². The second kappa shape index (κ2) is 11.5. The molecule has 0 fully saturated rings. The first-order valence-corrected chi connectivity index (χ1v) is 17.1. The minimum absolute atomic E-state index is 0.237. The van der Waals surface area contributed by atoms with Crippen molar-refractivity contribution in [3.8, 4) is 16.9 Å². The van der Waals surface area contributed by atoms with E-state index in [-0.39, 0.29) is 6.23 Å². The van der Waals surface area contributed by atoms with Crippen LogP contribution in [0.25, 0.3) is 54.2 Å². The fraction of sp³-hybridized carbons (Fsp3) is 0.0213. The highest BCUT2D eigenvalue weighted by Crippen LogP contribution is 2.49. The van der Waals surface area contributed by atoms with E-state index < -0.39 is 0 Å². The lowest BCUT2D eigenvalue weighted by Crippen LogP contribution is -2.10. The lowest BCUT2D eigenvalue weighted by atomic mass is 9.95. The maximum atomic E-state index is 6.62. The summed E-state index contributed by atoms with van der Waals surface area (Å²) >= 11 is 0. The van der Waals surface area contributed by atoms with Gasteiger partial charge in [-0.3, -0.25) is 0 Å². The molecule has 9 aromatic rings. The average molecular weight is 641 g/mol. The molecule has 0 spiro atoms. The van der Waals surface area contributed by atoms with Crippen LogP contribution in [-0.4, -0.2) is 0 Å². The van der Waals surface area contributed by atoms with Crippen molar-refractivity contribution in [1.29, 1.82) is 0 Å². The number of benzene rings is 9. The monoisotopic (exact) mass is 640 g/mol. The number of rotatable bonds is 5. The topological polar surface area (TPSA) is 24.5 Å².